The van der Waals surface area contributed by atoms with Gasteiger partial charge in [-0.1, -0.05) is 0 Å². The molecule has 0 spiro atoms. The van der Waals surface area contributed by atoms with E-state index in [1.165, 1.54) is 12.1 Å². The molecule has 0 amide bonds. The van der Waals surface area contributed by atoms with Crippen LogP contribution in [0.4, 0.5) is 15.9 Å². The zero-order valence-electron chi connectivity index (χ0n) is 17.0. The zero-order chi connectivity index (χ0) is 20.8. The Kier molecular flexibility index (Phi) is 4.92. The van der Waals surface area contributed by atoms with Crippen LogP contribution in [-0.2, 0) is 0 Å². The number of β-amino-alcohol motifs (C(OH)–C–C–N with tert-alkyl or cyclic N) is 1. The summed E-state index contributed by atoms with van der Waals surface area (Å²) >= 11 is 0. The van der Waals surface area contributed by atoms with Gasteiger partial charge in [0.2, 0.25) is 0 Å². The Morgan fingerprint density at radius 2 is 2.10 bits per heavy atom. The van der Waals surface area contributed by atoms with Gasteiger partial charge in [-0.15, -0.1) is 0 Å². The molecule has 3 heterocycles. The highest BCUT2D eigenvalue weighted by atomic mass is 19.1. The lowest BCUT2D eigenvalue weighted by atomic mass is 9.86. The first-order valence-corrected chi connectivity index (χ1v) is 10.6. The van der Waals surface area contributed by atoms with Crippen molar-refractivity contribution in [1.82, 2.24) is 19.9 Å². The molecule has 0 radical (unpaired) electrons. The Labute approximate surface area is 174 Å². The molecule has 30 heavy (non-hydrogen) atoms. The van der Waals surface area contributed by atoms with Crippen LogP contribution in [0.25, 0.3) is 5.65 Å². The van der Waals surface area contributed by atoms with Crippen LogP contribution in [0.5, 0.6) is 0 Å². The Morgan fingerprint density at radius 3 is 2.83 bits per heavy atom. The Balaban J connectivity index is 1.58. The van der Waals surface area contributed by atoms with E-state index < -0.39 is 12.1 Å². The van der Waals surface area contributed by atoms with Crippen molar-refractivity contribution in [3.05, 3.63) is 53.1 Å². The highest BCUT2D eigenvalue weighted by Gasteiger charge is 2.32. The summed E-state index contributed by atoms with van der Waals surface area (Å²) in [4.78, 5) is 4.87. The van der Waals surface area contributed by atoms with Gasteiger partial charge in [-0.2, -0.15) is 9.61 Å². The van der Waals surface area contributed by atoms with Crippen molar-refractivity contribution in [1.29, 1.82) is 0 Å². The van der Waals surface area contributed by atoms with Crippen LogP contribution in [0, 0.1) is 18.7 Å². The third kappa shape index (κ3) is 3.66. The Hall–Kier alpha value is -2.55. The second kappa shape index (κ2) is 7.61. The number of rotatable bonds is 5. The summed E-state index contributed by atoms with van der Waals surface area (Å²) in [5, 5.41) is 21.5. The summed E-state index contributed by atoms with van der Waals surface area (Å²) in [7, 11) is 0. The molecular formula is C22H27FN6O. The van der Waals surface area contributed by atoms with E-state index in [1.807, 2.05) is 25.3 Å². The molecule has 2 aliphatic rings. The van der Waals surface area contributed by atoms with Gasteiger partial charge < -0.3 is 21.5 Å². The summed E-state index contributed by atoms with van der Waals surface area (Å²) in [6.07, 6.45) is 4.42. The maximum absolute atomic E-state index is 13.9. The predicted molar refractivity (Wildman–Crippen MR) is 113 cm³/mol. The maximum Gasteiger partial charge on any atom is 0.161 e. The molecule has 1 saturated heterocycles. The van der Waals surface area contributed by atoms with E-state index in [0.717, 1.165) is 42.6 Å². The van der Waals surface area contributed by atoms with Gasteiger partial charge >= 0.3 is 0 Å². The SMILES string of the molecule is Cc1cc(F)cc(Nc2cc(C(N)[C@H]3CCNC[C@@H]3O)nc3c(C4CC4)cnn23)c1. The van der Waals surface area contributed by atoms with E-state index in [2.05, 4.69) is 15.7 Å². The van der Waals surface area contributed by atoms with E-state index in [9.17, 15) is 9.50 Å². The van der Waals surface area contributed by atoms with Crippen LogP contribution in [0.15, 0.2) is 30.5 Å². The number of nitrogens with zero attached hydrogens (tertiary/aromatic N) is 3. The van der Waals surface area contributed by atoms with Crippen molar-refractivity contribution in [2.24, 2.45) is 11.7 Å². The molecule has 1 aliphatic heterocycles. The number of aliphatic hydroxyl groups excluding tert-OH is 1. The number of aryl methyl sites for hydroxylation is 1. The molecule has 1 aliphatic carbocycles. The topological polar surface area (TPSA) is 100 Å². The van der Waals surface area contributed by atoms with Crippen LogP contribution in [-0.4, -0.2) is 38.9 Å². The minimum absolute atomic E-state index is 0.0715. The number of benzene rings is 1. The van der Waals surface area contributed by atoms with Gasteiger partial charge in [-0.3, -0.25) is 0 Å². The molecule has 158 valence electrons. The fraction of sp³-hybridized carbons (Fsp3) is 0.455. The number of nitrogens with two attached hydrogens (primary N) is 1. The quantitative estimate of drug-likeness (QED) is 0.516. The molecule has 3 atom stereocenters. The van der Waals surface area contributed by atoms with E-state index in [0.29, 0.717) is 29.7 Å². The number of nitrogens with one attached hydrogen (secondary N) is 2. The third-order valence-corrected chi connectivity index (χ3v) is 6.16. The standard InChI is InChI=1S/C22H27FN6O/c1-12-6-14(23)8-15(7-12)27-20-9-18(21(24)16-4-5-25-11-19(16)30)28-22-17(13-2-3-13)10-26-29(20)22/h6-10,13,16,19,21,25,27,30H,2-5,11,24H2,1H3/t16-,19-,21?/m0/s1. The summed E-state index contributed by atoms with van der Waals surface area (Å²) in [6.45, 7) is 3.22. The van der Waals surface area contributed by atoms with Crippen LogP contribution < -0.4 is 16.4 Å². The zero-order valence-corrected chi connectivity index (χ0v) is 17.0. The summed E-state index contributed by atoms with van der Waals surface area (Å²) in [5.74, 6) is 0.801. The van der Waals surface area contributed by atoms with Crippen molar-refractivity contribution < 1.29 is 9.50 Å². The molecule has 2 fully saturated rings. The van der Waals surface area contributed by atoms with E-state index in [1.54, 1.807) is 4.52 Å². The van der Waals surface area contributed by atoms with E-state index in [-0.39, 0.29) is 11.7 Å². The molecule has 5 N–H and O–H groups in total. The minimum atomic E-state index is -0.512. The smallest absolute Gasteiger partial charge is 0.161 e. The summed E-state index contributed by atoms with van der Waals surface area (Å²) in [5.41, 5.74) is 10.7. The molecule has 8 heteroatoms. The molecule has 2 aromatic heterocycles. The number of hydrogen-bond acceptors (Lipinski definition) is 6. The lowest BCUT2D eigenvalue weighted by molar-refractivity contribution is 0.0666. The number of piperidine rings is 1. The first kappa shape index (κ1) is 19.4. The van der Waals surface area contributed by atoms with E-state index >= 15 is 0 Å². The Bertz CT molecular complexity index is 1060. The lowest BCUT2D eigenvalue weighted by Gasteiger charge is -2.32. The lowest BCUT2D eigenvalue weighted by Crippen LogP contribution is -2.45. The fourth-order valence-corrected chi connectivity index (χ4v) is 4.40. The Morgan fingerprint density at radius 1 is 1.27 bits per heavy atom. The van der Waals surface area contributed by atoms with Gasteiger partial charge in [0, 0.05) is 29.8 Å². The average molecular weight is 410 g/mol. The van der Waals surface area contributed by atoms with Gasteiger partial charge in [0.05, 0.1) is 24.0 Å². The highest BCUT2D eigenvalue weighted by Crippen LogP contribution is 2.42. The van der Waals surface area contributed by atoms with Gasteiger partial charge in [0.1, 0.15) is 11.6 Å². The molecule has 5 rings (SSSR count). The molecule has 3 aromatic rings. The third-order valence-electron chi connectivity index (χ3n) is 6.16. The van der Waals surface area contributed by atoms with Crippen LogP contribution in [0.3, 0.4) is 0 Å². The van der Waals surface area contributed by atoms with Crippen molar-refractivity contribution in [3.8, 4) is 0 Å². The number of halogens is 1. The molecule has 1 unspecified atom stereocenters. The highest BCUT2D eigenvalue weighted by molar-refractivity contribution is 5.63. The second-order valence-electron chi connectivity index (χ2n) is 8.57. The summed E-state index contributed by atoms with van der Waals surface area (Å²) < 4.78 is 15.7. The van der Waals surface area contributed by atoms with E-state index in [4.69, 9.17) is 10.7 Å². The van der Waals surface area contributed by atoms with Crippen molar-refractivity contribution >= 4 is 17.2 Å². The largest absolute Gasteiger partial charge is 0.391 e. The normalized spacial score (nSPS) is 22.9. The molecule has 1 saturated carbocycles. The number of hydrogen-bond donors (Lipinski definition) is 4. The first-order valence-electron chi connectivity index (χ1n) is 10.6. The second-order valence-corrected chi connectivity index (χ2v) is 8.57. The van der Waals surface area contributed by atoms with Crippen molar-refractivity contribution in [2.45, 2.75) is 44.2 Å². The van der Waals surface area contributed by atoms with Gasteiger partial charge in [0.25, 0.3) is 0 Å². The number of aliphatic hydroxyl groups is 1. The van der Waals surface area contributed by atoms with Gasteiger partial charge in [0.15, 0.2) is 5.65 Å². The van der Waals surface area contributed by atoms with Crippen LogP contribution >= 0.6 is 0 Å². The van der Waals surface area contributed by atoms with Gasteiger partial charge in [-0.05, 0) is 62.4 Å². The molecule has 7 nitrogen and oxygen atoms in total. The molecular weight excluding hydrogens is 383 g/mol. The predicted octanol–water partition coefficient (Wildman–Crippen LogP) is 2.77. The van der Waals surface area contributed by atoms with Crippen LogP contribution in [0.1, 0.15) is 48.0 Å². The van der Waals surface area contributed by atoms with Crippen molar-refractivity contribution in [2.75, 3.05) is 18.4 Å². The van der Waals surface area contributed by atoms with Crippen LogP contribution in [0.2, 0.25) is 0 Å². The average Bonchev–Trinajstić information content (AvgIpc) is 3.46. The van der Waals surface area contributed by atoms with Crippen molar-refractivity contribution in [3.63, 3.8) is 0 Å². The maximum atomic E-state index is 13.9. The fourth-order valence-electron chi connectivity index (χ4n) is 4.40. The number of anilines is 2. The number of fused-ring (bicyclic) bond motifs is 1. The molecule has 1 aromatic carbocycles. The monoisotopic (exact) mass is 410 g/mol. The van der Waals surface area contributed by atoms with Gasteiger partial charge in [-0.25, -0.2) is 9.37 Å². The first-order chi connectivity index (χ1) is 14.5. The summed E-state index contributed by atoms with van der Waals surface area (Å²) in [6, 6.07) is 6.31. The number of aromatic nitrogens is 3. The minimum Gasteiger partial charge on any atom is -0.391 e. The molecule has 0 bridgehead atoms.